The Hall–Kier alpha value is -0.530. The zero-order valence-corrected chi connectivity index (χ0v) is 7.65. The van der Waals surface area contributed by atoms with Gasteiger partial charge in [0.1, 0.15) is 0 Å². The van der Waals surface area contributed by atoms with E-state index < -0.39 is 0 Å². The fourth-order valence-electron chi connectivity index (χ4n) is 0.830. The van der Waals surface area contributed by atoms with Crippen LogP contribution in [0.25, 0.3) is 0 Å². The molecule has 0 aliphatic carbocycles. The minimum atomic E-state index is 0.289. The largest absolute Gasteiger partial charge is 0.363 e. The highest BCUT2D eigenvalue weighted by atomic mass is 15.1. The van der Waals surface area contributed by atoms with Gasteiger partial charge in [0.05, 0.1) is 5.84 Å². The fraction of sp³-hybridized carbons (Fsp3) is 0.875. The van der Waals surface area contributed by atoms with E-state index in [0.717, 1.165) is 6.54 Å². The van der Waals surface area contributed by atoms with Crippen LogP contribution in [-0.4, -0.2) is 24.3 Å². The molecule has 0 atom stereocenters. The van der Waals surface area contributed by atoms with Crippen molar-refractivity contribution in [3.05, 3.63) is 0 Å². The van der Waals surface area contributed by atoms with Gasteiger partial charge >= 0.3 is 0 Å². The first-order valence-corrected chi connectivity index (χ1v) is 3.59. The van der Waals surface area contributed by atoms with Gasteiger partial charge in [-0.3, -0.25) is 5.41 Å². The molecule has 0 heterocycles. The topological polar surface area (TPSA) is 27.1 Å². The van der Waals surface area contributed by atoms with Crippen LogP contribution in [0.3, 0.4) is 0 Å². The molecule has 0 spiro atoms. The molecule has 10 heavy (non-hydrogen) atoms. The summed E-state index contributed by atoms with van der Waals surface area (Å²) in [6.07, 6.45) is 0. The first-order chi connectivity index (χ1) is 4.33. The second kappa shape index (κ2) is 3.04. The highest BCUT2D eigenvalue weighted by Crippen LogP contribution is 2.13. The van der Waals surface area contributed by atoms with Gasteiger partial charge in [0.15, 0.2) is 0 Å². The summed E-state index contributed by atoms with van der Waals surface area (Å²) in [5.74, 6) is 0.634. The van der Waals surface area contributed by atoms with E-state index in [1.165, 1.54) is 0 Å². The molecule has 0 aromatic rings. The number of hydrogen-bond donors (Lipinski definition) is 1. The van der Waals surface area contributed by atoms with Crippen LogP contribution in [0.1, 0.15) is 27.7 Å². The van der Waals surface area contributed by atoms with E-state index in [4.69, 9.17) is 5.41 Å². The molecule has 1 N–H and O–H groups in total. The molecule has 60 valence electrons. The van der Waals surface area contributed by atoms with Crippen molar-refractivity contribution in [2.45, 2.75) is 27.7 Å². The molecule has 0 bridgehead atoms. The van der Waals surface area contributed by atoms with E-state index in [1.54, 1.807) is 0 Å². The van der Waals surface area contributed by atoms with Crippen molar-refractivity contribution >= 4 is 5.84 Å². The summed E-state index contributed by atoms with van der Waals surface area (Å²) in [5.41, 5.74) is 0.289. The monoisotopic (exact) mass is 142 g/mol. The smallest absolute Gasteiger partial charge is 0.0923 e. The number of amidine groups is 1. The predicted octanol–water partition coefficient (Wildman–Crippen LogP) is 1.96. The van der Waals surface area contributed by atoms with Gasteiger partial charge in [-0.2, -0.15) is 0 Å². The highest BCUT2D eigenvalue weighted by Gasteiger charge is 2.12. The Morgan fingerprint density at radius 2 is 1.80 bits per heavy atom. The van der Waals surface area contributed by atoms with Gasteiger partial charge in [-0.15, -0.1) is 0 Å². The molecule has 0 aromatic heterocycles. The number of nitrogens with zero attached hydrogens (tertiary/aromatic N) is 1. The third kappa shape index (κ3) is 4.36. The maximum atomic E-state index is 7.31. The molecule has 0 radical (unpaired) electrons. The lowest BCUT2D eigenvalue weighted by molar-refractivity contribution is 0.304. The number of hydrogen-bond acceptors (Lipinski definition) is 1. The molecule has 2 heteroatoms. The maximum absolute atomic E-state index is 7.31. The van der Waals surface area contributed by atoms with Gasteiger partial charge in [-0.05, 0) is 12.3 Å². The van der Waals surface area contributed by atoms with E-state index >= 15 is 0 Å². The van der Waals surface area contributed by atoms with E-state index in [0.29, 0.717) is 5.84 Å². The summed E-state index contributed by atoms with van der Waals surface area (Å²) in [7, 11) is 1.95. The minimum Gasteiger partial charge on any atom is -0.363 e. The third-order valence-electron chi connectivity index (χ3n) is 1.28. The summed E-state index contributed by atoms with van der Waals surface area (Å²) in [4.78, 5) is 1.96. The maximum Gasteiger partial charge on any atom is 0.0923 e. The van der Waals surface area contributed by atoms with Crippen molar-refractivity contribution in [3.63, 3.8) is 0 Å². The lowest BCUT2D eigenvalue weighted by Gasteiger charge is -2.26. The summed E-state index contributed by atoms with van der Waals surface area (Å²) in [6, 6.07) is 0. The Labute approximate surface area is 63.7 Å². The van der Waals surface area contributed by atoms with E-state index in [-0.39, 0.29) is 5.41 Å². The normalized spacial score (nSPS) is 11.3. The zero-order chi connectivity index (χ0) is 8.36. The third-order valence-corrected chi connectivity index (χ3v) is 1.28. The summed E-state index contributed by atoms with van der Waals surface area (Å²) < 4.78 is 0. The SMILES string of the molecule is CC(=N)N(C)CC(C)(C)C. The van der Waals surface area contributed by atoms with Gasteiger partial charge in [-0.25, -0.2) is 0 Å². The lowest BCUT2D eigenvalue weighted by Crippen LogP contribution is -2.32. The van der Waals surface area contributed by atoms with Crippen molar-refractivity contribution < 1.29 is 0 Å². The van der Waals surface area contributed by atoms with Crippen molar-refractivity contribution in [2.75, 3.05) is 13.6 Å². The second-order valence-electron chi connectivity index (χ2n) is 4.00. The molecule has 0 saturated heterocycles. The second-order valence-corrected chi connectivity index (χ2v) is 4.00. The molecular formula is C8H18N2. The molecule has 0 aromatic carbocycles. The quantitative estimate of drug-likeness (QED) is 0.440. The Bertz CT molecular complexity index is 122. The van der Waals surface area contributed by atoms with Crippen LogP contribution < -0.4 is 0 Å². The summed E-state index contributed by atoms with van der Waals surface area (Å²) in [5, 5.41) is 7.31. The van der Waals surface area contributed by atoms with Crippen molar-refractivity contribution in [1.29, 1.82) is 5.41 Å². The first kappa shape index (κ1) is 9.47. The molecule has 0 amide bonds. The van der Waals surface area contributed by atoms with Crippen LogP contribution >= 0.6 is 0 Å². The Morgan fingerprint density at radius 3 is 1.90 bits per heavy atom. The van der Waals surface area contributed by atoms with Crippen LogP contribution in [0.2, 0.25) is 0 Å². The van der Waals surface area contributed by atoms with Gasteiger partial charge in [0, 0.05) is 13.6 Å². The molecule has 0 fully saturated rings. The Balaban J connectivity index is 3.80. The summed E-state index contributed by atoms with van der Waals surface area (Å²) >= 11 is 0. The van der Waals surface area contributed by atoms with Crippen LogP contribution in [0.4, 0.5) is 0 Å². The average Bonchev–Trinajstić information content (AvgIpc) is 1.60. The van der Waals surface area contributed by atoms with Crippen LogP contribution in [0.15, 0.2) is 0 Å². The molecule has 0 saturated carbocycles. The fourth-order valence-corrected chi connectivity index (χ4v) is 0.830. The van der Waals surface area contributed by atoms with E-state index in [1.807, 2.05) is 18.9 Å². The number of rotatable bonds is 1. The van der Waals surface area contributed by atoms with Crippen LogP contribution in [0.5, 0.6) is 0 Å². The van der Waals surface area contributed by atoms with Crippen LogP contribution in [-0.2, 0) is 0 Å². The predicted molar refractivity (Wildman–Crippen MR) is 45.5 cm³/mol. The molecule has 2 nitrogen and oxygen atoms in total. The first-order valence-electron chi connectivity index (χ1n) is 3.59. The lowest BCUT2D eigenvalue weighted by atomic mass is 9.96. The van der Waals surface area contributed by atoms with Crippen molar-refractivity contribution in [3.8, 4) is 0 Å². The standard InChI is InChI=1S/C8H18N2/c1-7(9)10(5)6-8(2,3)4/h9H,6H2,1-5H3. The highest BCUT2D eigenvalue weighted by molar-refractivity contribution is 5.75. The Kier molecular flexibility index (Phi) is 2.88. The van der Waals surface area contributed by atoms with Gasteiger partial charge in [-0.1, -0.05) is 20.8 Å². The minimum absolute atomic E-state index is 0.289. The molecule has 0 aliphatic heterocycles. The Morgan fingerprint density at radius 1 is 1.40 bits per heavy atom. The van der Waals surface area contributed by atoms with Crippen molar-refractivity contribution in [2.24, 2.45) is 5.41 Å². The molecule has 0 unspecified atom stereocenters. The zero-order valence-electron chi connectivity index (χ0n) is 7.65. The van der Waals surface area contributed by atoms with Gasteiger partial charge < -0.3 is 4.90 Å². The van der Waals surface area contributed by atoms with Crippen LogP contribution in [0, 0.1) is 10.8 Å². The molecule has 0 aliphatic rings. The van der Waals surface area contributed by atoms with E-state index in [2.05, 4.69) is 20.8 Å². The average molecular weight is 142 g/mol. The van der Waals surface area contributed by atoms with E-state index in [9.17, 15) is 0 Å². The molecular weight excluding hydrogens is 124 g/mol. The number of nitrogens with one attached hydrogen (secondary N) is 1. The van der Waals surface area contributed by atoms with Crippen molar-refractivity contribution in [1.82, 2.24) is 4.90 Å². The molecule has 0 rings (SSSR count). The van der Waals surface area contributed by atoms with Gasteiger partial charge in [0.25, 0.3) is 0 Å². The van der Waals surface area contributed by atoms with Gasteiger partial charge in [0.2, 0.25) is 0 Å². The summed E-state index contributed by atoms with van der Waals surface area (Å²) in [6.45, 7) is 9.28.